The third-order valence-corrected chi connectivity index (χ3v) is 4.42. The predicted molar refractivity (Wildman–Crippen MR) is 99.4 cm³/mol. The summed E-state index contributed by atoms with van der Waals surface area (Å²) < 4.78 is 7.23. The maximum atomic E-state index is 12.2. The van der Waals surface area contributed by atoms with Gasteiger partial charge in [-0.1, -0.05) is 15.9 Å². The molecule has 0 spiro atoms. The largest absolute Gasteiger partial charge is 0.508 e. The van der Waals surface area contributed by atoms with Crippen molar-refractivity contribution in [2.75, 3.05) is 0 Å². The molecular weight excluding hydrogens is 440 g/mol. The lowest BCUT2D eigenvalue weighted by Gasteiger charge is -2.01. The van der Waals surface area contributed by atoms with Crippen molar-refractivity contribution in [2.24, 2.45) is 5.10 Å². The van der Waals surface area contributed by atoms with Crippen molar-refractivity contribution in [3.8, 4) is 5.75 Å². The van der Waals surface area contributed by atoms with Crippen molar-refractivity contribution in [3.63, 3.8) is 0 Å². The second kappa shape index (κ2) is 6.78. The van der Waals surface area contributed by atoms with Crippen LogP contribution in [0.2, 0.25) is 0 Å². The number of phenolic OH excluding ortho intramolecular Hbond substituents is 1. The molecule has 24 heavy (non-hydrogen) atoms. The molecule has 5 nitrogen and oxygen atoms in total. The molecule has 7 heteroatoms. The number of hydrazone groups is 1. The van der Waals surface area contributed by atoms with Crippen molar-refractivity contribution >= 4 is 54.4 Å². The number of hydrogen-bond donors (Lipinski definition) is 2. The molecule has 1 heterocycles. The highest BCUT2D eigenvalue weighted by molar-refractivity contribution is 9.11. The highest BCUT2D eigenvalue weighted by Gasteiger charge is 2.14. The Hall–Kier alpha value is -2.12. The lowest BCUT2D eigenvalue weighted by atomic mass is 10.1. The van der Waals surface area contributed by atoms with Gasteiger partial charge in [-0.3, -0.25) is 4.79 Å². The van der Waals surface area contributed by atoms with Crippen LogP contribution in [0, 0.1) is 0 Å². The Labute approximate surface area is 154 Å². The Morgan fingerprint density at radius 2 is 1.88 bits per heavy atom. The monoisotopic (exact) mass is 450 g/mol. The summed E-state index contributed by atoms with van der Waals surface area (Å²) in [5.74, 6) is -0.0898. The van der Waals surface area contributed by atoms with Gasteiger partial charge in [0.05, 0.1) is 10.2 Å². The summed E-state index contributed by atoms with van der Waals surface area (Å²) in [5, 5.41) is 14.2. The Bertz CT molecular complexity index is 946. The number of benzene rings is 2. The minimum atomic E-state index is -0.438. The summed E-state index contributed by atoms with van der Waals surface area (Å²) in [6, 6.07) is 11.9. The minimum Gasteiger partial charge on any atom is -0.508 e. The van der Waals surface area contributed by atoms with Crippen LogP contribution in [0.3, 0.4) is 0 Å². The molecule has 3 aromatic rings. The second-order valence-corrected chi connectivity index (χ2v) is 6.87. The van der Waals surface area contributed by atoms with E-state index in [0.29, 0.717) is 11.3 Å². The molecule has 1 aromatic heterocycles. The molecule has 1 amide bonds. The maximum Gasteiger partial charge on any atom is 0.307 e. The molecule has 0 atom stereocenters. The van der Waals surface area contributed by atoms with Crippen molar-refractivity contribution in [2.45, 2.75) is 6.92 Å². The van der Waals surface area contributed by atoms with Gasteiger partial charge in [-0.15, -0.1) is 0 Å². The Morgan fingerprint density at radius 3 is 2.58 bits per heavy atom. The van der Waals surface area contributed by atoms with Crippen LogP contribution in [0.25, 0.3) is 11.0 Å². The highest BCUT2D eigenvalue weighted by atomic mass is 79.9. The number of nitrogens with zero attached hydrogens (tertiary/aromatic N) is 1. The molecule has 122 valence electrons. The van der Waals surface area contributed by atoms with Gasteiger partial charge in [0.2, 0.25) is 0 Å². The molecule has 2 aromatic carbocycles. The number of furan rings is 1. The lowest BCUT2D eigenvalue weighted by Crippen LogP contribution is -2.18. The maximum absolute atomic E-state index is 12.2. The van der Waals surface area contributed by atoms with Crippen LogP contribution >= 0.6 is 31.9 Å². The zero-order valence-electron chi connectivity index (χ0n) is 12.5. The van der Waals surface area contributed by atoms with Gasteiger partial charge >= 0.3 is 5.91 Å². The first kappa shape index (κ1) is 16.7. The van der Waals surface area contributed by atoms with E-state index < -0.39 is 5.91 Å². The van der Waals surface area contributed by atoms with E-state index in [1.165, 1.54) is 0 Å². The number of amides is 1. The van der Waals surface area contributed by atoms with Gasteiger partial charge in [-0.05, 0) is 70.9 Å². The number of aromatic hydroxyl groups is 1. The molecule has 0 saturated carbocycles. The van der Waals surface area contributed by atoms with E-state index in [2.05, 4.69) is 42.4 Å². The minimum absolute atomic E-state index is 0.172. The van der Waals surface area contributed by atoms with E-state index in [9.17, 15) is 9.90 Å². The Morgan fingerprint density at radius 1 is 1.17 bits per heavy atom. The van der Waals surface area contributed by atoms with E-state index in [1.807, 2.05) is 12.1 Å². The number of carbonyl (C=O) groups excluding carboxylic acids is 1. The standard InChI is InChI=1S/C17H12Br2N2O3/c1-9(10-2-4-13(22)5-3-10)20-21-17(23)15-7-11-6-12(18)8-14(19)16(11)24-15/h2-8,22H,1H3,(H,21,23). The first-order valence-electron chi connectivity index (χ1n) is 6.96. The van der Waals surface area contributed by atoms with E-state index in [-0.39, 0.29) is 11.5 Å². The van der Waals surface area contributed by atoms with Crippen LogP contribution in [-0.2, 0) is 0 Å². The Kier molecular flexibility index (Phi) is 4.73. The highest BCUT2D eigenvalue weighted by Crippen LogP contribution is 2.30. The quantitative estimate of drug-likeness (QED) is 0.442. The van der Waals surface area contributed by atoms with E-state index >= 15 is 0 Å². The van der Waals surface area contributed by atoms with Crippen LogP contribution < -0.4 is 5.43 Å². The zero-order valence-corrected chi connectivity index (χ0v) is 15.7. The van der Waals surface area contributed by atoms with Gasteiger partial charge in [0.1, 0.15) is 11.3 Å². The number of nitrogens with one attached hydrogen (secondary N) is 1. The summed E-state index contributed by atoms with van der Waals surface area (Å²) >= 11 is 6.80. The number of halogens is 2. The number of fused-ring (bicyclic) bond motifs is 1. The fourth-order valence-corrected chi connectivity index (χ4v) is 3.48. The Balaban J connectivity index is 1.81. The third kappa shape index (κ3) is 3.52. The molecule has 0 unspecified atom stereocenters. The first-order chi connectivity index (χ1) is 11.4. The van der Waals surface area contributed by atoms with E-state index in [4.69, 9.17) is 4.42 Å². The number of hydrogen-bond acceptors (Lipinski definition) is 4. The molecule has 0 saturated heterocycles. The lowest BCUT2D eigenvalue weighted by molar-refractivity contribution is 0.0929. The fourth-order valence-electron chi connectivity index (χ4n) is 2.14. The van der Waals surface area contributed by atoms with Crippen molar-refractivity contribution in [1.29, 1.82) is 0 Å². The molecule has 0 radical (unpaired) electrons. The van der Waals surface area contributed by atoms with Gasteiger partial charge in [-0.25, -0.2) is 5.43 Å². The van der Waals surface area contributed by atoms with Crippen LogP contribution in [0.15, 0.2) is 60.9 Å². The van der Waals surface area contributed by atoms with Crippen molar-refractivity contribution < 1.29 is 14.3 Å². The van der Waals surface area contributed by atoms with Crippen LogP contribution in [0.1, 0.15) is 23.0 Å². The normalized spacial score (nSPS) is 11.7. The molecular formula is C17H12Br2N2O3. The summed E-state index contributed by atoms with van der Waals surface area (Å²) in [6.45, 7) is 1.76. The SMILES string of the molecule is CC(=NNC(=O)c1cc2cc(Br)cc(Br)c2o1)c1ccc(O)cc1. The molecule has 0 bridgehead atoms. The molecule has 0 aliphatic rings. The fraction of sp³-hybridized carbons (Fsp3) is 0.0588. The number of phenols is 1. The molecule has 0 aliphatic carbocycles. The number of rotatable bonds is 3. The van der Waals surface area contributed by atoms with Crippen LogP contribution in [0.5, 0.6) is 5.75 Å². The van der Waals surface area contributed by atoms with Crippen molar-refractivity contribution in [3.05, 3.63) is 62.7 Å². The predicted octanol–water partition coefficient (Wildman–Crippen LogP) is 4.82. The third-order valence-electron chi connectivity index (χ3n) is 3.37. The van der Waals surface area contributed by atoms with Gasteiger partial charge in [0, 0.05) is 9.86 Å². The summed E-state index contributed by atoms with van der Waals surface area (Å²) in [6.07, 6.45) is 0. The summed E-state index contributed by atoms with van der Waals surface area (Å²) in [4.78, 5) is 12.2. The number of carbonyl (C=O) groups is 1. The molecule has 3 rings (SSSR count). The first-order valence-corrected chi connectivity index (χ1v) is 8.55. The summed E-state index contributed by atoms with van der Waals surface area (Å²) in [5.41, 5.74) is 4.48. The molecule has 0 aliphatic heterocycles. The van der Waals surface area contributed by atoms with E-state index in [1.54, 1.807) is 37.3 Å². The average molecular weight is 452 g/mol. The van der Waals surface area contributed by atoms with Crippen LogP contribution in [-0.4, -0.2) is 16.7 Å². The van der Waals surface area contributed by atoms with Crippen LogP contribution in [0.4, 0.5) is 0 Å². The van der Waals surface area contributed by atoms with Gasteiger partial charge < -0.3 is 9.52 Å². The topological polar surface area (TPSA) is 74.8 Å². The van der Waals surface area contributed by atoms with Crippen molar-refractivity contribution in [1.82, 2.24) is 5.43 Å². The van der Waals surface area contributed by atoms with Gasteiger partial charge in [-0.2, -0.15) is 5.10 Å². The van der Waals surface area contributed by atoms with E-state index in [0.717, 1.165) is 19.9 Å². The summed E-state index contributed by atoms with van der Waals surface area (Å²) in [7, 11) is 0. The smallest absolute Gasteiger partial charge is 0.307 e. The average Bonchev–Trinajstić information content (AvgIpc) is 2.97. The van der Waals surface area contributed by atoms with Gasteiger partial charge in [0.15, 0.2) is 5.76 Å². The molecule has 2 N–H and O–H groups in total. The zero-order chi connectivity index (χ0) is 17.3. The second-order valence-electron chi connectivity index (χ2n) is 5.10. The molecule has 0 fully saturated rings. The van der Waals surface area contributed by atoms with Gasteiger partial charge in [0.25, 0.3) is 0 Å².